The second kappa shape index (κ2) is 5.08. The highest BCUT2D eigenvalue weighted by atomic mass is 16.1. The van der Waals surface area contributed by atoms with E-state index in [2.05, 4.69) is 25.7 Å². The molecule has 11 heavy (non-hydrogen) atoms. The zero-order valence-corrected chi connectivity index (χ0v) is 7.61. The van der Waals surface area contributed by atoms with Gasteiger partial charge < -0.3 is 5.32 Å². The number of hydrogen-bond donors (Lipinski definition) is 1. The van der Waals surface area contributed by atoms with Gasteiger partial charge in [0.25, 0.3) is 0 Å². The second-order valence-electron chi connectivity index (χ2n) is 2.89. The smallest absolute Gasteiger partial charge is 0.171 e. The summed E-state index contributed by atoms with van der Waals surface area (Å²) in [6, 6.07) is 0.415. The standard InChI is InChI=1S/C9H17NO/c1-5-8(4)10-6-9(11)7(2)3/h8,10H,2,5-6H2,1,3-4H3. The molecule has 0 aliphatic heterocycles. The maximum absolute atomic E-state index is 11.0. The fourth-order valence-electron chi connectivity index (χ4n) is 0.562. The fraction of sp³-hybridized carbons (Fsp3) is 0.667. The number of ketones is 1. The molecule has 0 saturated heterocycles. The van der Waals surface area contributed by atoms with Crippen molar-refractivity contribution in [2.24, 2.45) is 0 Å². The molecule has 0 radical (unpaired) electrons. The largest absolute Gasteiger partial charge is 0.307 e. The lowest BCUT2D eigenvalue weighted by Crippen LogP contribution is -2.31. The molecule has 1 N–H and O–H groups in total. The van der Waals surface area contributed by atoms with Gasteiger partial charge in [-0.2, -0.15) is 0 Å². The molecule has 2 heteroatoms. The van der Waals surface area contributed by atoms with Crippen LogP contribution in [0.1, 0.15) is 27.2 Å². The van der Waals surface area contributed by atoms with E-state index in [1.165, 1.54) is 0 Å². The Morgan fingerprint density at radius 3 is 2.55 bits per heavy atom. The van der Waals surface area contributed by atoms with Gasteiger partial charge in [0, 0.05) is 6.04 Å². The van der Waals surface area contributed by atoms with Crippen molar-refractivity contribution in [3.05, 3.63) is 12.2 Å². The molecule has 64 valence electrons. The molecule has 0 bridgehead atoms. The van der Waals surface area contributed by atoms with Crippen LogP contribution in [0, 0.1) is 0 Å². The average Bonchev–Trinajstić information content (AvgIpc) is 1.99. The molecule has 0 aromatic heterocycles. The van der Waals surface area contributed by atoms with Gasteiger partial charge in [0.05, 0.1) is 6.54 Å². The predicted octanol–water partition coefficient (Wildman–Crippen LogP) is 1.52. The number of carbonyl (C=O) groups excluding carboxylic acids is 1. The normalized spacial score (nSPS) is 12.6. The van der Waals surface area contributed by atoms with Gasteiger partial charge >= 0.3 is 0 Å². The van der Waals surface area contributed by atoms with Crippen LogP contribution in [-0.4, -0.2) is 18.4 Å². The molecule has 0 fully saturated rings. The van der Waals surface area contributed by atoms with Crippen molar-refractivity contribution in [2.75, 3.05) is 6.54 Å². The summed E-state index contributed by atoms with van der Waals surface area (Å²) in [4.78, 5) is 11.0. The Bertz CT molecular complexity index is 152. The zero-order chi connectivity index (χ0) is 8.85. The lowest BCUT2D eigenvalue weighted by Gasteiger charge is -2.09. The lowest BCUT2D eigenvalue weighted by atomic mass is 10.2. The summed E-state index contributed by atoms with van der Waals surface area (Å²) in [5.74, 6) is 0.102. The van der Waals surface area contributed by atoms with Gasteiger partial charge in [-0.15, -0.1) is 0 Å². The minimum Gasteiger partial charge on any atom is -0.307 e. The van der Waals surface area contributed by atoms with Gasteiger partial charge in [-0.3, -0.25) is 4.79 Å². The van der Waals surface area contributed by atoms with Crippen LogP contribution in [0.5, 0.6) is 0 Å². The average molecular weight is 155 g/mol. The fourth-order valence-corrected chi connectivity index (χ4v) is 0.562. The first-order valence-electron chi connectivity index (χ1n) is 4.00. The van der Waals surface area contributed by atoms with Crippen LogP contribution in [0.2, 0.25) is 0 Å². The first kappa shape index (κ1) is 10.4. The first-order chi connectivity index (χ1) is 5.07. The number of nitrogens with one attached hydrogen (secondary N) is 1. The van der Waals surface area contributed by atoms with Crippen LogP contribution in [0.4, 0.5) is 0 Å². The number of hydrogen-bond acceptors (Lipinski definition) is 2. The molecule has 0 spiro atoms. The first-order valence-corrected chi connectivity index (χ1v) is 4.00. The molecule has 0 heterocycles. The SMILES string of the molecule is C=C(C)C(=O)CNC(C)CC. The molecule has 0 saturated carbocycles. The van der Waals surface area contributed by atoms with Crippen molar-refractivity contribution in [1.82, 2.24) is 5.32 Å². The molecule has 0 aliphatic carbocycles. The van der Waals surface area contributed by atoms with Crippen molar-refractivity contribution >= 4 is 5.78 Å². The van der Waals surface area contributed by atoms with E-state index in [1.54, 1.807) is 6.92 Å². The zero-order valence-electron chi connectivity index (χ0n) is 7.61. The summed E-state index contributed by atoms with van der Waals surface area (Å²) >= 11 is 0. The Morgan fingerprint density at radius 2 is 2.18 bits per heavy atom. The third kappa shape index (κ3) is 4.73. The highest BCUT2D eigenvalue weighted by Gasteiger charge is 2.03. The Morgan fingerprint density at radius 1 is 1.64 bits per heavy atom. The summed E-state index contributed by atoms with van der Waals surface area (Å²) in [6.45, 7) is 9.87. The molecule has 1 unspecified atom stereocenters. The summed E-state index contributed by atoms with van der Waals surface area (Å²) in [7, 11) is 0. The number of rotatable bonds is 5. The van der Waals surface area contributed by atoms with Crippen molar-refractivity contribution in [2.45, 2.75) is 33.2 Å². The monoisotopic (exact) mass is 155 g/mol. The minimum atomic E-state index is 0.102. The van der Waals surface area contributed by atoms with E-state index in [4.69, 9.17) is 0 Å². The quantitative estimate of drug-likeness (QED) is 0.610. The Labute approximate surface area is 68.7 Å². The van der Waals surface area contributed by atoms with Gasteiger partial charge in [-0.05, 0) is 25.8 Å². The van der Waals surface area contributed by atoms with Gasteiger partial charge in [-0.25, -0.2) is 0 Å². The van der Waals surface area contributed by atoms with Gasteiger partial charge in [-0.1, -0.05) is 13.5 Å². The van der Waals surface area contributed by atoms with Crippen LogP contribution in [0.25, 0.3) is 0 Å². The van der Waals surface area contributed by atoms with Crippen molar-refractivity contribution < 1.29 is 4.79 Å². The molecule has 0 aromatic carbocycles. The van der Waals surface area contributed by atoms with E-state index in [0.29, 0.717) is 18.2 Å². The van der Waals surface area contributed by atoms with Crippen LogP contribution in [-0.2, 0) is 4.79 Å². The van der Waals surface area contributed by atoms with Gasteiger partial charge in [0.2, 0.25) is 0 Å². The van der Waals surface area contributed by atoms with Gasteiger partial charge in [0.15, 0.2) is 5.78 Å². The van der Waals surface area contributed by atoms with E-state index in [9.17, 15) is 4.79 Å². The maximum Gasteiger partial charge on any atom is 0.171 e. The number of carbonyl (C=O) groups is 1. The summed E-state index contributed by atoms with van der Waals surface area (Å²) in [5, 5.41) is 3.10. The summed E-state index contributed by atoms with van der Waals surface area (Å²) < 4.78 is 0. The van der Waals surface area contributed by atoms with E-state index >= 15 is 0 Å². The Balaban J connectivity index is 3.54. The molecule has 0 rings (SSSR count). The highest BCUT2D eigenvalue weighted by molar-refractivity contribution is 5.95. The van der Waals surface area contributed by atoms with Crippen molar-refractivity contribution in [3.8, 4) is 0 Å². The third-order valence-electron chi connectivity index (χ3n) is 1.70. The molecule has 0 aromatic rings. The molecular weight excluding hydrogens is 138 g/mol. The van der Waals surface area contributed by atoms with E-state index in [-0.39, 0.29) is 5.78 Å². The van der Waals surface area contributed by atoms with Crippen LogP contribution < -0.4 is 5.32 Å². The second-order valence-corrected chi connectivity index (χ2v) is 2.89. The number of Topliss-reactive ketones (excluding diaryl/α,β-unsaturated/α-hetero) is 1. The molecule has 0 aliphatic rings. The molecule has 1 atom stereocenters. The molecular formula is C9H17NO. The summed E-state index contributed by atoms with van der Waals surface area (Å²) in [6.07, 6.45) is 1.05. The van der Waals surface area contributed by atoms with E-state index in [0.717, 1.165) is 6.42 Å². The maximum atomic E-state index is 11.0. The Kier molecular flexibility index (Phi) is 4.79. The predicted molar refractivity (Wildman–Crippen MR) is 47.6 cm³/mol. The van der Waals surface area contributed by atoms with Crippen LogP contribution in [0.3, 0.4) is 0 Å². The lowest BCUT2D eigenvalue weighted by molar-refractivity contribution is -0.114. The van der Waals surface area contributed by atoms with Crippen molar-refractivity contribution in [3.63, 3.8) is 0 Å². The third-order valence-corrected chi connectivity index (χ3v) is 1.70. The van der Waals surface area contributed by atoms with E-state index < -0.39 is 0 Å². The van der Waals surface area contributed by atoms with Crippen LogP contribution >= 0.6 is 0 Å². The highest BCUT2D eigenvalue weighted by Crippen LogP contribution is 1.91. The molecule has 2 nitrogen and oxygen atoms in total. The van der Waals surface area contributed by atoms with Crippen LogP contribution in [0.15, 0.2) is 12.2 Å². The minimum absolute atomic E-state index is 0.102. The van der Waals surface area contributed by atoms with Gasteiger partial charge in [0.1, 0.15) is 0 Å². The molecule has 0 amide bonds. The van der Waals surface area contributed by atoms with Crippen molar-refractivity contribution in [1.29, 1.82) is 0 Å². The summed E-state index contributed by atoms with van der Waals surface area (Å²) in [5.41, 5.74) is 0.626. The van der Waals surface area contributed by atoms with E-state index in [1.807, 2.05) is 0 Å². The topological polar surface area (TPSA) is 29.1 Å². The Hall–Kier alpha value is -0.630.